The van der Waals surface area contributed by atoms with Crippen LogP contribution in [0.1, 0.15) is 20.3 Å². The number of guanidine groups is 1. The number of aliphatic imine (C=N–C) groups is 1. The van der Waals surface area contributed by atoms with Crippen LogP contribution in [0.2, 0.25) is 0 Å². The van der Waals surface area contributed by atoms with E-state index in [4.69, 9.17) is 9.73 Å². The number of carbonyl (C=O) groups excluding carboxylic acids is 1. The average Bonchev–Trinajstić information content (AvgIpc) is 2.82. The monoisotopic (exact) mass is 432 g/mol. The van der Waals surface area contributed by atoms with E-state index in [1.807, 2.05) is 13.0 Å². The van der Waals surface area contributed by atoms with Crippen LogP contribution in [0.15, 0.2) is 23.5 Å². The van der Waals surface area contributed by atoms with Crippen molar-refractivity contribution in [3.05, 3.63) is 18.5 Å². The highest BCUT2D eigenvalue weighted by Gasteiger charge is 2.23. The summed E-state index contributed by atoms with van der Waals surface area (Å²) in [6, 6.07) is 1.85. The van der Waals surface area contributed by atoms with E-state index in [1.165, 1.54) is 0 Å². The number of carbonyl (C=O) groups is 1. The topological polar surface area (TPSA) is 89.4 Å². The summed E-state index contributed by atoms with van der Waals surface area (Å²) in [4.78, 5) is 34.1. The van der Waals surface area contributed by atoms with Crippen LogP contribution in [0.3, 0.4) is 0 Å². The SMILES string of the molecule is CCNC(=NCCCN1CCN(c2ncccn2)CC1)N1CCN(C(=O)OCC)CC1. The molecule has 1 amide bonds. The summed E-state index contributed by atoms with van der Waals surface area (Å²) in [6.07, 6.45) is 4.40. The minimum Gasteiger partial charge on any atom is -0.450 e. The minimum atomic E-state index is -0.219. The van der Waals surface area contributed by atoms with E-state index in [1.54, 1.807) is 17.3 Å². The smallest absolute Gasteiger partial charge is 0.409 e. The maximum absolute atomic E-state index is 11.9. The quantitative estimate of drug-likeness (QED) is 0.383. The highest BCUT2D eigenvalue weighted by molar-refractivity contribution is 5.80. The van der Waals surface area contributed by atoms with Gasteiger partial charge in [-0.25, -0.2) is 14.8 Å². The molecule has 0 unspecified atom stereocenters. The Morgan fingerprint density at radius 3 is 2.35 bits per heavy atom. The van der Waals surface area contributed by atoms with Gasteiger partial charge in [0.25, 0.3) is 0 Å². The molecule has 0 saturated carbocycles. The van der Waals surface area contributed by atoms with Crippen LogP contribution < -0.4 is 10.2 Å². The Balaban J connectivity index is 1.38. The minimum absolute atomic E-state index is 0.219. The van der Waals surface area contributed by atoms with Gasteiger partial charge >= 0.3 is 6.09 Å². The van der Waals surface area contributed by atoms with Crippen molar-refractivity contribution in [1.29, 1.82) is 0 Å². The van der Waals surface area contributed by atoms with Crippen molar-refractivity contribution < 1.29 is 9.53 Å². The summed E-state index contributed by atoms with van der Waals surface area (Å²) in [5.74, 6) is 1.77. The van der Waals surface area contributed by atoms with Gasteiger partial charge in [0.2, 0.25) is 5.95 Å². The fraction of sp³-hybridized carbons (Fsp3) is 0.714. The Labute approximate surface area is 185 Å². The molecule has 2 fully saturated rings. The predicted molar refractivity (Wildman–Crippen MR) is 121 cm³/mol. The van der Waals surface area contributed by atoms with E-state index in [0.29, 0.717) is 19.7 Å². The number of rotatable bonds is 7. The van der Waals surface area contributed by atoms with Gasteiger partial charge in [-0.2, -0.15) is 0 Å². The predicted octanol–water partition coefficient (Wildman–Crippen LogP) is 0.728. The molecule has 31 heavy (non-hydrogen) atoms. The Morgan fingerprint density at radius 1 is 1.03 bits per heavy atom. The van der Waals surface area contributed by atoms with Crippen LogP contribution >= 0.6 is 0 Å². The van der Waals surface area contributed by atoms with Crippen molar-refractivity contribution >= 4 is 18.0 Å². The molecule has 3 rings (SSSR count). The Kier molecular flexibility index (Phi) is 9.14. The highest BCUT2D eigenvalue weighted by Crippen LogP contribution is 2.10. The van der Waals surface area contributed by atoms with Crippen LogP contribution in [0.4, 0.5) is 10.7 Å². The van der Waals surface area contributed by atoms with Crippen molar-refractivity contribution in [3.63, 3.8) is 0 Å². The van der Waals surface area contributed by atoms with Crippen LogP contribution in [-0.4, -0.2) is 115 Å². The highest BCUT2D eigenvalue weighted by atomic mass is 16.6. The molecule has 2 aliphatic heterocycles. The number of hydrogen-bond acceptors (Lipinski definition) is 7. The summed E-state index contributed by atoms with van der Waals surface area (Å²) >= 11 is 0. The van der Waals surface area contributed by atoms with E-state index < -0.39 is 0 Å². The van der Waals surface area contributed by atoms with Crippen molar-refractivity contribution in [1.82, 2.24) is 30.0 Å². The van der Waals surface area contributed by atoms with Gasteiger partial charge in [0.15, 0.2) is 5.96 Å². The number of hydrogen-bond donors (Lipinski definition) is 1. The van der Waals surface area contributed by atoms with Gasteiger partial charge in [-0.05, 0) is 26.3 Å². The second kappa shape index (κ2) is 12.3. The zero-order chi connectivity index (χ0) is 21.9. The van der Waals surface area contributed by atoms with Gasteiger partial charge in [-0.3, -0.25) is 9.89 Å². The number of nitrogens with one attached hydrogen (secondary N) is 1. The normalized spacial score (nSPS) is 18.3. The summed E-state index contributed by atoms with van der Waals surface area (Å²) in [7, 11) is 0. The van der Waals surface area contributed by atoms with Crippen molar-refractivity contribution in [2.24, 2.45) is 4.99 Å². The summed E-state index contributed by atoms with van der Waals surface area (Å²) in [5, 5.41) is 3.39. The second-order valence-corrected chi connectivity index (χ2v) is 7.64. The molecule has 0 aliphatic carbocycles. The van der Waals surface area contributed by atoms with Gasteiger partial charge in [-0.1, -0.05) is 0 Å². The molecular weight excluding hydrogens is 396 g/mol. The van der Waals surface area contributed by atoms with Gasteiger partial charge in [0.05, 0.1) is 6.61 Å². The third kappa shape index (κ3) is 6.95. The molecule has 2 saturated heterocycles. The van der Waals surface area contributed by atoms with Crippen LogP contribution in [-0.2, 0) is 4.74 Å². The maximum Gasteiger partial charge on any atom is 0.409 e. The molecule has 1 aromatic rings. The number of ether oxygens (including phenoxy) is 1. The zero-order valence-corrected chi connectivity index (χ0v) is 18.9. The van der Waals surface area contributed by atoms with E-state index in [0.717, 1.165) is 77.2 Å². The zero-order valence-electron chi connectivity index (χ0n) is 18.9. The third-order valence-electron chi connectivity index (χ3n) is 5.54. The van der Waals surface area contributed by atoms with Gasteiger partial charge < -0.3 is 24.8 Å². The molecule has 10 nitrogen and oxygen atoms in total. The molecule has 3 heterocycles. The van der Waals surface area contributed by atoms with Gasteiger partial charge in [0.1, 0.15) is 0 Å². The lowest BCUT2D eigenvalue weighted by molar-refractivity contribution is 0.0914. The number of nitrogens with zero attached hydrogens (tertiary/aromatic N) is 7. The van der Waals surface area contributed by atoms with Gasteiger partial charge in [-0.15, -0.1) is 0 Å². The summed E-state index contributed by atoms with van der Waals surface area (Å²) in [5.41, 5.74) is 0. The van der Waals surface area contributed by atoms with Crippen LogP contribution in [0.25, 0.3) is 0 Å². The average molecular weight is 433 g/mol. The Bertz CT molecular complexity index is 686. The fourth-order valence-corrected chi connectivity index (χ4v) is 3.85. The molecule has 10 heteroatoms. The Hall–Kier alpha value is -2.62. The van der Waals surface area contributed by atoms with Crippen LogP contribution in [0.5, 0.6) is 0 Å². The Morgan fingerprint density at radius 2 is 1.71 bits per heavy atom. The molecule has 0 atom stereocenters. The first kappa shape index (κ1) is 23.1. The molecule has 0 bridgehead atoms. The van der Waals surface area contributed by atoms with E-state index in [2.05, 4.69) is 36.9 Å². The molecule has 172 valence electrons. The molecular formula is C21H36N8O2. The largest absolute Gasteiger partial charge is 0.450 e. The van der Waals surface area contributed by atoms with Crippen LogP contribution in [0, 0.1) is 0 Å². The van der Waals surface area contributed by atoms with Crippen molar-refractivity contribution in [2.75, 3.05) is 83.5 Å². The first-order chi connectivity index (χ1) is 15.2. The molecule has 1 N–H and O–H groups in total. The van der Waals surface area contributed by atoms with Crippen molar-refractivity contribution in [3.8, 4) is 0 Å². The number of amides is 1. The summed E-state index contributed by atoms with van der Waals surface area (Å²) < 4.78 is 5.10. The molecule has 0 spiro atoms. The standard InChI is InChI=1S/C21H36N8O2/c1-3-22-19(28-15-17-29(18-16-28)21(30)31-4-2)25-9-6-10-26-11-13-27(14-12-26)20-23-7-5-8-24-20/h5,7-8H,3-4,6,9-18H2,1-2H3,(H,22,25). The lowest BCUT2D eigenvalue weighted by atomic mass is 10.3. The third-order valence-corrected chi connectivity index (χ3v) is 5.54. The molecule has 2 aliphatic rings. The fourth-order valence-electron chi connectivity index (χ4n) is 3.85. The van der Waals surface area contributed by atoms with Gasteiger partial charge in [0, 0.05) is 84.4 Å². The van der Waals surface area contributed by atoms with E-state index >= 15 is 0 Å². The summed E-state index contributed by atoms with van der Waals surface area (Å²) in [6.45, 7) is 13.9. The van der Waals surface area contributed by atoms with E-state index in [9.17, 15) is 4.79 Å². The molecule has 1 aromatic heterocycles. The first-order valence-electron chi connectivity index (χ1n) is 11.4. The number of aromatic nitrogens is 2. The number of piperazine rings is 2. The lowest BCUT2D eigenvalue weighted by Gasteiger charge is -2.36. The van der Waals surface area contributed by atoms with Crippen molar-refractivity contribution in [2.45, 2.75) is 20.3 Å². The number of anilines is 1. The second-order valence-electron chi connectivity index (χ2n) is 7.64. The lowest BCUT2D eigenvalue weighted by Crippen LogP contribution is -2.54. The molecule has 0 radical (unpaired) electrons. The van der Waals surface area contributed by atoms with E-state index in [-0.39, 0.29) is 6.09 Å². The first-order valence-corrected chi connectivity index (χ1v) is 11.4. The molecule has 0 aromatic carbocycles. The maximum atomic E-state index is 11.9.